The zero-order chi connectivity index (χ0) is 24.4. The number of hydrogen-bond donors (Lipinski definition) is 0. The minimum absolute atomic E-state index is 0.0870. The SMILES string of the molecule is Cc1ccccc1-n1c(SCC(=O)c2cc(C)n(C[C@@H]3CCCO3)c2C)nnc1-c1cccnc1. The number of pyridine rings is 1. The van der Waals surface area contributed by atoms with Crippen molar-refractivity contribution >= 4 is 17.5 Å². The molecule has 0 bridgehead atoms. The van der Waals surface area contributed by atoms with Crippen LogP contribution in [-0.4, -0.2) is 48.6 Å². The lowest BCUT2D eigenvalue weighted by Gasteiger charge is -2.15. The first-order valence-corrected chi connectivity index (χ1v) is 12.9. The summed E-state index contributed by atoms with van der Waals surface area (Å²) in [6.45, 7) is 7.77. The molecule has 3 aromatic heterocycles. The Kier molecular flexibility index (Phi) is 6.83. The summed E-state index contributed by atoms with van der Waals surface area (Å²) in [5, 5.41) is 9.61. The molecule has 4 heterocycles. The highest BCUT2D eigenvalue weighted by Crippen LogP contribution is 2.30. The Bertz CT molecular complexity index is 1340. The van der Waals surface area contributed by atoms with Crippen molar-refractivity contribution in [2.24, 2.45) is 0 Å². The summed E-state index contributed by atoms with van der Waals surface area (Å²) < 4.78 is 10.0. The molecule has 1 atom stereocenters. The molecule has 0 N–H and O–H groups in total. The van der Waals surface area contributed by atoms with E-state index in [1.165, 1.54) is 11.8 Å². The molecule has 0 radical (unpaired) electrons. The van der Waals surface area contributed by atoms with Crippen molar-refractivity contribution in [3.63, 3.8) is 0 Å². The van der Waals surface area contributed by atoms with Gasteiger partial charge in [-0.05, 0) is 63.4 Å². The first-order chi connectivity index (χ1) is 17.0. The molecule has 1 aromatic carbocycles. The van der Waals surface area contributed by atoms with Crippen molar-refractivity contribution in [3.05, 3.63) is 77.4 Å². The maximum absolute atomic E-state index is 13.3. The molecule has 8 heteroatoms. The van der Waals surface area contributed by atoms with Crippen LogP contribution in [0.2, 0.25) is 0 Å². The van der Waals surface area contributed by atoms with E-state index in [9.17, 15) is 4.79 Å². The van der Waals surface area contributed by atoms with Crippen LogP contribution < -0.4 is 0 Å². The molecule has 0 saturated carbocycles. The van der Waals surface area contributed by atoms with Gasteiger partial charge >= 0.3 is 0 Å². The fourth-order valence-corrected chi connectivity index (χ4v) is 5.47. The van der Waals surface area contributed by atoms with E-state index in [0.29, 0.717) is 11.0 Å². The number of hydrogen-bond acceptors (Lipinski definition) is 6. The molecule has 1 aliphatic rings. The van der Waals surface area contributed by atoms with Gasteiger partial charge in [0.25, 0.3) is 0 Å². The number of ketones is 1. The van der Waals surface area contributed by atoms with Crippen molar-refractivity contribution in [2.75, 3.05) is 12.4 Å². The monoisotopic (exact) mass is 487 g/mol. The second-order valence-corrected chi connectivity index (χ2v) is 9.85. The van der Waals surface area contributed by atoms with Crippen molar-refractivity contribution < 1.29 is 9.53 Å². The standard InChI is InChI=1S/C27H29N5O2S/c1-18-8-4-5-11-24(18)32-26(21-9-6-12-28-15-21)29-30-27(32)35-17-25(33)23-14-19(2)31(20(23)3)16-22-10-7-13-34-22/h4-6,8-9,11-12,14-15,22H,7,10,13,16-17H2,1-3H3/t22-/m0/s1. The molecule has 7 nitrogen and oxygen atoms in total. The molecular formula is C27H29N5O2S. The van der Waals surface area contributed by atoms with E-state index >= 15 is 0 Å². The summed E-state index contributed by atoms with van der Waals surface area (Å²) in [5.74, 6) is 1.07. The third kappa shape index (κ3) is 4.81. The Balaban J connectivity index is 1.41. The number of benzene rings is 1. The van der Waals surface area contributed by atoms with Crippen LogP contribution in [0.3, 0.4) is 0 Å². The Morgan fingerprint density at radius 2 is 2.00 bits per heavy atom. The summed E-state index contributed by atoms with van der Waals surface area (Å²) in [5.41, 5.74) is 5.82. The normalized spacial score (nSPS) is 15.6. The zero-order valence-electron chi connectivity index (χ0n) is 20.3. The Labute approximate surface area is 209 Å². The minimum Gasteiger partial charge on any atom is -0.376 e. The lowest BCUT2D eigenvalue weighted by atomic mass is 10.2. The van der Waals surface area contributed by atoms with Crippen LogP contribution in [0.25, 0.3) is 17.1 Å². The van der Waals surface area contributed by atoms with E-state index in [1.54, 1.807) is 12.4 Å². The molecule has 1 fully saturated rings. The van der Waals surface area contributed by atoms with Gasteiger partial charge in [-0.1, -0.05) is 30.0 Å². The predicted octanol–water partition coefficient (Wildman–Crippen LogP) is 5.21. The van der Waals surface area contributed by atoms with Gasteiger partial charge in [0.1, 0.15) is 0 Å². The number of carbonyl (C=O) groups is 1. The number of carbonyl (C=O) groups excluding carboxylic acids is 1. The number of aromatic nitrogens is 5. The molecule has 180 valence electrons. The number of aryl methyl sites for hydroxylation is 2. The van der Waals surface area contributed by atoms with Crippen LogP contribution in [0.15, 0.2) is 60.0 Å². The van der Waals surface area contributed by atoms with E-state index in [-0.39, 0.29) is 17.6 Å². The van der Waals surface area contributed by atoms with Crippen LogP contribution in [0, 0.1) is 20.8 Å². The summed E-state index contributed by atoms with van der Waals surface area (Å²) >= 11 is 1.41. The quantitative estimate of drug-likeness (QED) is 0.251. The molecule has 35 heavy (non-hydrogen) atoms. The molecule has 0 unspecified atom stereocenters. The number of thioether (sulfide) groups is 1. The largest absolute Gasteiger partial charge is 0.376 e. The van der Waals surface area contributed by atoms with Gasteiger partial charge in [0, 0.05) is 48.1 Å². The Morgan fingerprint density at radius 3 is 2.74 bits per heavy atom. The van der Waals surface area contributed by atoms with Crippen LogP contribution >= 0.6 is 11.8 Å². The lowest BCUT2D eigenvalue weighted by molar-refractivity contribution is 0.0957. The van der Waals surface area contributed by atoms with Gasteiger partial charge < -0.3 is 9.30 Å². The van der Waals surface area contributed by atoms with Gasteiger partial charge in [-0.15, -0.1) is 10.2 Å². The smallest absolute Gasteiger partial charge is 0.196 e. The average Bonchev–Trinajstić information content (AvgIpc) is 3.60. The van der Waals surface area contributed by atoms with Crippen LogP contribution in [0.5, 0.6) is 0 Å². The highest BCUT2D eigenvalue weighted by Gasteiger charge is 2.23. The molecule has 5 rings (SSSR count). The minimum atomic E-state index is 0.0870. The number of ether oxygens (including phenoxy) is 1. The second-order valence-electron chi connectivity index (χ2n) is 8.91. The molecule has 0 amide bonds. The molecule has 4 aromatic rings. The van der Waals surface area contributed by atoms with E-state index in [1.807, 2.05) is 47.9 Å². The Morgan fingerprint density at radius 1 is 1.14 bits per heavy atom. The van der Waals surface area contributed by atoms with E-state index in [0.717, 1.165) is 59.8 Å². The van der Waals surface area contributed by atoms with Crippen LogP contribution in [-0.2, 0) is 11.3 Å². The third-order valence-corrected chi connectivity index (χ3v) is 7.46. The van der Waals surface area contributed by atoms with Crippen molar-refractivity contribution in [3.8, 4) is 17.1 Å². The zero-order valence-corrected chi connectivity index (χ0v) is 21.1. The van der Waals surface area contributed by atoms with Crippen LogP contribution in [0.1, 0.15) is 40.2 Å². The number of Topliss-reactive ketones (excluding diaryl/α,β-unsaturated/α-hetero) is 1. The van der Waals surface area contributed by atoms with Gasteiger partial charge in [-0.25, -0.2) is 0 Å². The van der Waals surface area contributed by atoms with Crippen molar-refractivity contribution in [2.45, 2.75) is 51.4 Å². The Hall–Kier alpha value is -3.23. The molecule has 1 aliphatic heterocycles. The first kappa shape index (κ1) is 23.5. The maximum Gasteiger partial charge on any atom is 0.196 e. The highest BCUT2D eigenvalue weighted by atomic mass is 32.2. The van der Waals surface area contributed by atoms with Crippen molar-refractivity contribution in [1.29, 1.82) is 0 Å². The fourth-order valence-electron chi connectivity index (χ4n) is 4.64. The van der Waals surface area contributed by atoms with Gasteiger partial charge in [-0.2, -0.15) is 0 Å². The van der Waals surface area contributed by atoms with Gasteiger partial charge in [-0.3, -0.25) is 14.3 Å². The summed E-state index contributed by atoms with van der Waals surface area (Å²) in [7, 11) is 0. The van der Waals surface area contributed by atoms with Crippen LogP contribution in [0.4, 0.5) is 0 Å². The first-order valence-electron chi connectivity index (χ1n) is 11.9. The van der Waals surface area contributed by atoms with Gasteiger partial charge in [0.2, 0.25) is 0 Å². The highest BCUT2D eigenvalue weighted by molar-refractivity contribution is 7.99. The average molecular weight is 488 g/mol. The molecule has 0 aliphatic carbocycles. The molecular weight excluding hydrogens is 458 g/mol. The van der Waals surface area contributed by atoms with E-state index in [4.69, 9.17) is 4.74 Å². The number of nitrogens with zero attached hydrogens (tertiary/aromatic N) is 5. The molecule has 0 spiro atoms. The molecule has 1 saturated heterocycles. The van der Waals surface area contributed by atoms with E-state index < -0.39 is 0 Å². The number of rotatable bonds is 8. The van der Waals surface area contributed by atoms with E-state index in [2.05, 4.69) is 39.7 Å². The summed E-state index contributed by atoms with van der Waals surface area (Å²) in [4.78, 5) is 17.5. The topological polar surface area (TPSA) is 74.8 Å². The fraction of sp³-hybridized carbons (Fsp3) is 0.333. The van der Waals surface area contributed by atoms with Gasteiger partial charge in [0.15, 0.2) is 16.8 Å². The number of para-hydroxylation sites is 1. The van der Waals surface area contributed by atoms with Gasteiger partial charge in [0.05, 0.1) is 17.5 Å². The maximum atomic E-state index is 13.3. The predicted molar refractivity (Wildman–Crippen MR) is 137 cm³/mol. The van der Waals surface area contributed by atoms with Crippen molar-refractivity contribution in [1.82, 2.24) is 24.3 Å². The third-order valence-electron chi connectivity index (χ3n) is 6.53. The summed E-state index contributed by atoms with van der Waals surface area (Å²) in [6, 6.07) is 14.0. The summed E-state index contributed by atoms with van der Waals surface area (Å²) in [6.07, 6.45) is 5.93. The lowest BCUT2D eigenvalue weighted by Crippen LogP contribution is -2.17. The second kappa shape index (κ2) is 10.2.